The molecule has 0 amide bonds. The van der Waals surface area contributed by atoms with E-state index in [0.29, 0.717) is 0 Å². The molecule has 0 fully saturated rings. The van der Waals surface area contributed by atoms with E-state index >= 15 is 0 Å². The Morgan fingerprint density at radius 3 is 2.18 bits per heavy atom. The number of hydrogen-bond acceptors (Lipinski definition) is 2. The first-order valence-electron chi connectivity index (χ1n) is 5.30. The number of hydrogen-bond donors (Lipinski definition) is 1. The van der Waals surface area contributed by atoms with Crippen LogP contribution in [0.4, 0.5) is 10.1 Å². The summed E-state index contributed by atoms with van der Waals surface area (Å²) < 4.78 is 39.4. The van der Waals surface area contributed by atoms with Gasteiger partial charge >= 0.3 is 107 Å². The standard InChI is InChI=1S/C8H9FNO2S.3CH3.Sn/c1-6-4-3-5-7(9)8(6)10-13(2,11)12;;;;/h3,5,10H,1-2H3;3*1H3;. The summed E-state index contributed by atoms with van der Waals surface area (Å²) in [6.45, 7) is 1.77. The Morgan fingerprint density at radius 1 is 1.24 bits per heavy atom. The van der Waals surface area contributed by atoms with E-state index in [4.69, 9.17) is 0 Å². The third-order valence-corrected chi connectivity index (χ3v) is 9.24. The van der Waals surface area contributed by atoms with Gasteiger partial charge in [-0.05, 0) is 0 Å². The van der Waals surface area contributed by atoms with Gasteiger partial charge in [-0.2, -0.15) is 0 Å². The SMILES string of the molecule is Cc1[c]([Sn]([CH3])([CH3])[CH3])ccc(F)c1NS(C)(=O)=O. The molecule has 0 saturated carbocycles. The number of rotatable bonds is 3. The van der Waals surface area contributed by atoms with Crippen molar-refractivity contribution in [3.8, 4) is 0 Å². The fraction of sp³-hybridized carbons (Fsp3) is 0.455. The van der Waals surface area contributed by atoms with Crippen LogP contribution in [0.25, 0.3) is 0 Å². The van der Waals surface area contributed by atoms with Crippen molar-refractivity contribution in [1.82, 2.24) is 0 Å². The maximum absolute atomic E-state index is 13.6. The van der Waals surface area contributed by atoms with Crippen molar-refractivity contribution in [3.05, 3.63) is 23.5 Å². The zero-order valence-electron chi connectivity index (χ0n) is 10.8. The third-order valence-electron chi connectivity index (χ3n) is 2.51. The summed E-state index contributed by atoms with van der Waals surface area (Å²) in [6.07, 6.45) is 1.03. The molecule has 0 heterocycles. The predicted molar refractivity (Wildman–Crippen MR) is 72.6 cm³/mol. The average Bonchev–Trinajstić information content (AvgIpc) is 2.08. The molecule has 1 aromatic rings. The first-order chi connectivity index (χ1) is 7.52. The topological polar surface area (TPSA) is 46.2 Å². The number of anilines is 1. The summed E-state index contributed by atoms with van der Waals surface area (Å²) in [5, 5.41) is 0. The summed E-state index contributed by atoms with van der Waals surface area (Å²) >= 11 is -2.35. The van der Waals surface area contributed by atoms with Crippen LogP contribution >= 0.6 is 0 Å². The van der Waals surface area contributed by atoms with Crippen LogP contribution in [0.15, 0.2) is 12.1 Å². The maximum atomic E-state index is 13.6. The fourth-order valence-electron chi connectivity index (χ4n) is 1.80. The van der Waals surface area contributed by atoms with E-state index in [9.17, 15) is 12.8 Å². The molecule has 0 aromatic heterocycles. The predicted octanol–water partition coefficient (Wildman–Crippen LogP) is 2.05. The second-order valence-corrected chi connectivity index (χ2v) is 21.3. The molecule has 17 heavy (non-hydrogen) atoms. The Balaban J connectivity index is 3.41. The molecule has 0 aliphatic rings. The second kappa shape index (κ2) is 4.76. The van der Waals surface area contributed by atoms with Gasteiger partial charge in [-0.25, -0.2) is 0 Å². The number of benzene rings is 1. The van der Waals surface area contributed by atoms with Crippen molar-refractivity contribution in [2.75, 3.05) is 11.0 Å². The summed E-state index contributed by atoms with van der Waals surface area (Å²) in [5.74, 6) is -0.521. The molecular weight excluding hydrogens is 348 g/mol. The molecule has 0 unspecified atom stereocenters. The van der Waals surface area contributed by atoms with E-state index in [1.807, 2.05) is 0 Å². The minimum atomic E-state index is -3.45. The van der Waals surface area contributed by atoms with Crippen LogP contribution < -0.4 is 8.30 Å². The van der Waals surface area contributed by atoms with Gasteiger partial charge in [-0.15, -0.1) is 0 Å². The fourth-order valence-corrected chi connectivity index (χ4v) is 7.66. The van der Waals surface area contributed by atoms with E-state index in [1.165, 1.54) is 6.07 Å². The van der Waals surface area contributed by atoms with Crippen LogP contribution in [0.1, 0.15) is 5.56 Å². The van der Waals surface area contributed by atoms with Crippen molar-refractivity contribution < 1.29 is 12.8 Å². The first kappa shape index (κ1) is 14.8. The molecule has 0 radical (unpaired) electrons. The Labute approximate surface area is 106 Å². The second-order valence-electron chi connectivity index (χ2n) is 5.22. The van der Waals surface area contributed by atoms with Crippen molar-refractivity contribution in [3.63, 3.8) is 0 Å². The molecule has 0 saturated heterocycles. The van der Waals surface area contributed by atoms with E-state index in [2.05, 4.69) is 19.5 Å². The van der Waals surface area contributed by atoms with Crippen LogP contribution in [-0.4, -0.2) is 33.1 Å². The molecule has 96 valence electrons. The van der Waals surface area contributed by atoms with Gasteiger partial charge in [0, 0.05) is 0 Å². The zero-order chi connectivity index (χ0) is 13.4. The molecule has 0 aliphatic carbocycles. The van der Waals surface area contributed by atoms with Crippen LogP contribution in [0, 0.1) is 12.7 Å². The van der Waals surface area contributed by atoms with Crippen LogP contribution in [0.5, 0.6) is 0 Å². The van der Waals surface area contributed by atoms with Crippen LogP contribution in [0.3, 0.4) is 0 Å². The number of nitrogens with one attached hydrogen (secondary N) is 1. The van der Waals surface area contributed by atoms with Gasteiger partial charge in [0.15, 0.2) is 0 Å². The molecule has 3 nitrogen and oxygen atoms in total. The first-order valence-corrected chi connectivity index (χ1v) is 17.2. The Kier molecular flexibility index (Phi) is 4.13. The number of sulfonamides is 1. The molecule has 1 N–H and O–H groups in total. The van der Waals surface area contributed by atoms with Crippen LogP contribution in [-0.2, 0) is 10.0 Å². The van der Waals surface area contributed by atoms with E-state index in [-0.39, 0.29) is 5.69 Å². The van der Waals surface area contributed by atoms with Gasteiger partial charge in [0.2, 0.25) is 0 Å². The Bertz CT molecular complexity index is 535. The summed E-state index contributed by atoms with van der Waals surface area (Å²) in [6, 6.07) is 3.13. The van der Waals surface area contributed by atoms with Crippen molar-refractivity contribution >= 4 is 37.7 Å². The molecule has 1 rings (SSSR count). The summed E-state index contributed by atoms with van der Waals surface area (Å²) in [7, 11) is -3.45. The summed E-state index contributed by atoms with van der Waals surface area (Å²) in [4.78, 5) is 6.62. The van der Waals surface area contributed by atoms with Crippen molar-refractivity contribution in [2.24, 2.45) is 0 Å². The van der Waals surface area contributed by atoms with Crippen molar-refractivity contribution in [2.45, 2.75) is 21.7 Å². The quantitative estimate of drug-likeness (QED) is 0.833. The van der Waals surface area contributed by atoms with Gasteiger partial charge < -0.3 is 0 Å². The molecule has 0 atom stereocenters. The van der Waals surface area contributed by atoms with Gasteiger partial charge in [-0.1, -0.05) is 0 Å². The zero-order valence-corrected chi connectivity index (χ0v) is 14.4. The van der Waals surface area contributed by atoms with Gasteiger partial charge in [0.1, 0.15) is 0 Å². The van der Waals surface area contributed by atoms with Gasteiger partial charge in [-0.3, -0.25) is 0 Å². The van der Waals surface area contributed by atoms with E-state index in [0.717, 1.165) is 15.4 Å². The molecular formula is C11H18FNO2SSn. The molecule has 0 aliphatic heterocycles. The normalized spacial score (nSPS) is 12.6. The van der Waals surface area contributed by atoms with Gasteiger partial charge in [0.05, 0.1) is 0 Å². The van der Waals surface area contributed by atoms with E-state index < -0.39 is 34.2 Å². The number of halogens is 1. The molecule has 1 aromatic carbocycles. The van der Waals surface area contributed by atoms with Gasteiger partial charge in [0.25, 0.3) is 0 Å². The molecule has 0 spiro atoms. The molecule has 0 bridgehead atoms. The molecule has 6 heteroatoms. The van der Waals surface area contributed by atoms with Crippen molar-refractivity contribution in [1.29, 1.82) is 0 Å². The van der Waals surface area contributed by atoms with E-state index in [1.54, 1.807) is 13.0 Å². The minimum absolute atomic E-state index is 0.0941. The van der Waals surface area contributed by atoms with Crippen LogP contribution in [0.2, 0.25) is 14.8 Å². The summed E-state index contributed by atoms with van der Waals surface area (Å²) in [5.41, 5.74) is 0.815. The Morgan fingerprint density at radius 2 is 1.76 bits per heavy atom. The third kappa shape index (κ3) is 3.84. The average molecular weight is 366 g/mol. The monoisotopic (exact) mass is 367 g/mol. The Hall–Kier alpha value is -0.301.